The molecule has 0 amide bonds. The van der Waals surface area contributed by atoms with Crippen molar-refractivity contribution in [1.82, 2.24) is 14.9 Å². The smallest absolute Gasteiger partial charge is 0.153 e. The number of aromatic nitrogens is 3. The first-order chi connectivity index (χ1) is 7.22. The normalized spacial score (nSPS) is 10.2. The number of nitrogens with zero attached hydrogens (tertiary/aromatic N) is 3. The summed E-state index contributed by atoms with van der Waals surface area (Å²) < 4.78 is 0.576. The lowest BCUT2D eigenvalue weighted by molar-refractivity contribution is 0.112. The SMILES string of the molecule is O=Cc1cn(O)nc1-c1cccnc1Br. The van der Waals surface area contributed by atoms with Gasteiger partial charge in [-0.3, -0.25) is 4.79 Å². The van der Waals surface area contributed by atoms with E-state index in [0.717, 1.165) is 0 Å². The molecule has 76 valence electrons. The van der Waals surface area contributed by atoms with Crippen molar-refractivity contribution in [2.24, 2.45) is 0 Å². The van der Waals surface area contributed by atoms with Gasteiger partial charge in [0.05, 0.1) is 11.8 Å². The van der Waals surface area contributed by atoms with Gasteiger partial charge in [0.2, 0.25) is 0 Å². The van der Waals surface area contributed by atoms with Crippen LogP contribution in [-0.4, -0.2) is 26.4 Å². The van der Waals surface area contributed by atoms with Crippen LogP contribution in [0.3, 0.4) is 0 Å². The van der Waals surface area contributed by atoms with Gasteiger partial charge in [0.15, 0.2) is 6.29 Å². The minimum absolute atomic E-state index is 0.311. The molecule has 0 aliphatic rings. The molecule has 6 heteroatoms. The molecular formula is C9H6BrN3O2. The molecule has 1 N–H and O–H groups in total. The lowest BCUT2D eigenvalue weighted by Crippen LogP contribution is -1.91. The van der Waals surface area contributed by atoms with Crippen LogP contribution in [0.1, 0.15) is 10.4 Å². The first kappa shape index (κ1) is 9.85. The largest absolute Gasteiger partial charge is 0.412 e. The van der Waals surface area contributed by atoms with E-state index in [-0.39, 0.29) is 0 Å². The van der Waals surface area contributed by atoms with E-state index in [2.05, 4.69) is 26.0 Å². The number of pyridine rings is 1. The van der Waals surface area contributed by atoms with Crippen LogP contribution in [0, 0.1) is 0 Å². The molecule has 0 atom stereocenters. The molecule has 0 unspecified atom stereocenters. The third-order valence-corrected chi connectivity index (χ3v) is 2.50. The van der Waals surface area contributed by atoms with Gasteiger partial charge in [-0.25, -0.2) is 4.98 Å². The zero-order valence-electron chi connectivity index (χ0n) is 7.46. The van der Waals surface area contributed by atoms with Gasteiger partial charge in [0.25, 0.3) is 0 Å². The summed E-state index contributed by atoms with van der Waals surface area (Å²) in [5.41, 5.74) is 1.37. The van der Waals surface area contributed by atoms with Crippen LogP contribution in [0.15, 0.2) is 29.1 Å². The Labute approximate surface area is 93.5 Å². The predicted octanol–water partition coefficient (Wildman–Crippen LogP) is 1.76. The van der Waals surface area contributed by atoms with E-state index in [0.29, 0.717) is 32.6 Å². The Morgan fingerprint density at radius 3 is 3.00 bits per heavy atom. The maximum Gasteiger partial charge on any atom is 0.153 e. The highest BCUT2D eigenvalue weighted by atomic mass is 79.9. The molecule has 0 saturated carbocycles. The van der Waals surface area contributed by atoms with Gasteiger partial charge in [0, 0.05) is 11.8 Å². The monoisotopic (exact) mass is 267 g/mol. The van der Waals surface area contributed by atoms with Crippen LogP contribution in [-0.2, 0) is 0 Å². The highest BCUT2D eigenvalue weighted by molar-refractivity contribution is 9.10. The molecule has 0 aliphatic carbocycles. The maximum atomic E-state index is 10.7. The average molecular weight is 268 g/mol. The van der Waals surface area contributed by atoms with Gasteiger partial charge in [0.1, 0.15) is 10.3 Å². The fourth-order valence-electron chi connectivity index (χ4n) is 1.23. The van der Waals surface area contributed by atoms with Crippen molar-refractivity contribution < 1.29 is 10.0 Å². The highest BCUT2D eigenvalue weighted by Crippen LogP contribution is 2.26. The Bertz CT molecular complexity index is 510. The minimum Gasteiger partial charge on any atom is -0.412 e. The average Bonchev–Trinajstić information content (AvgIpc) is 2.60. The van der Waals surface area contributed by atoms with E-state index in [1.165, 1.54) is 6.20 Å². The van der Waals surface area contributed by atoms with Crippen LogP contribution in [0.2, 0.25) is 0 Å². The summed E-state index contributed by atoms with van der Waals surface area (Å²) in [5, 5.41) is 12.9. The summed E-state index contributed by atoms with van der Waals surface area (Å²) in [7, 11) is 0. The van der Waals surface area contributed by atoms with Crippen LogP contribution in [0.5, 0.6) is 0 Å². The van der Waals surface area contributed by atoms with Crippen LogP contribution >= 0.6 is 15.9 Å². The molecule has 2 heterocycles. The molecule has 0 radical (unpaired) electrons. The van der Waals surface area contributed by atoms with Crippen LogP contribution in [0.25, 0.3) is 11.3 Å². The van der Waals surface area contributed by atoms with E-state index < -0.39 is 0 Å². The van der Waals surface area contributed by atoms with Gasteiger partial charge < -0.3 is 5.21 Å². The van der Waals surface area contributed by atoms with E-state index in [9.17, 15) is 4.79 Å². The van der Waals surface area contributed by atoms with Gasteiger partial charge in [-0.15, -0.1) is 9.94 Å². The number of aldehydes is 1. The number of hydrogen-bond donors (Lipinski definition) is 1. The van der Waals surface area contributed by atoms with Crippen molar-refractivity contribution in [2.45, 2.75) is 0 Å². The molecule has 0 spiro atoms. The fourth-order valence-corrected chi connectivity index (χ4v) is 1.67. The first-order valence-corrected chi connectivity index (χ1v) is 4.86. The lowest BCUT2D eigenvalue weighted by atomic mass is 10.1. The second-order valence-corrected chi connectivity index (χ2v) is 3.56. The minimum atomic E-state index is 0.311. The van der Waals surface area contributed by atoms with Crippen molar-refractivity contribution in [1.29, 1.82) is 0 Å². The second-order valence-electron chi connectivity index (χ2n) is 2.81. The molecule has 2 rings (SSSR count). The lowest BCUT2D eigenvalue weighted by Gasteiger charge is -1.99. The summed E-state index contributed by atoms with van der Waals surface area (Å²) in [6.07, 6.45) is 3.49. The molecule has 2 aromatic heterocycles. The fraction of sp³-hybridized carbons (Fsp3) is 0. The van der Waals surface area contributed by atoms with E-state index in [4.69, 9.17) is 5.21 Å². The summed E-state index contributed by atoms with van der Waals surface area (Å²) in [4.78, 5) is 15.3. The standard InChI is InChI=1S/C9H6BrN3O2/c10-9-7(2-1-3-11-9)8-6(5-14)4-13(15)12-8/h1-5,15H. The molecular weight excluding hydrogens is 262 g/mol. The Kier molecular flexibility index (Phi) is 2.51. The Morgan fingerprint density at radius 1 is 1.53 bits per heavy atom. The van der Waals surface area contributed by atoms with Crippen molar-refractivity contribution >= 4 is 22.2 Å². The predicted molar refractivity (Wildman–Crippen MR) is 55.7 cm³/mol. The molecule has 2 aromatic rings. The number of rotatable bonds is 2. The van der Waals surface area contributed by atoms with Crippen molar-refractivity contribution in [3.05, 3.63) is 34.7 Å². The zero-order valence-corrected chi connectivity index (χ0v) is 9.05. The molecule has 0 aromatic carbocycles. The second kappa shape index (κ2) is 3.82. The van der Waals surface area contributed by atoms with E-state index >= 15 is 0 Å². The molecule has 0 bridgehead atoms. The molecule has 0 aliphatic heterocycles. The van der Waals surface area contributed by atoms with Gasteiger partial charge >= 0.3 is 0 Å². The molecule has 0 fully saturated rings. The molecule has 5 nitrogen and oxygen atoms in total. The zero-order chi connectivity index (χ0) is 10.8. The molecule has 15 heavy (non-hydrogen) atoms. The van der Waals surface area contributed by atoms with Crippen molar-refractivity contribution in [3.8, 4) is 11.3 Å². The Morgan fingerprint density at radius 2 is 2.33 bits per heavy atom. The van der Waals surface area contributed by atoms with Gasteiger partial charge in [-0.05, 0) is 28.1 Å². The number of hydrogen-bond acceptors (Lipinski definition) is 4. The highest BCUT2D eigenvalue weighted by Gasteiger charge is 2.13. The van der Waals surface area contributed by atoms with E-state index in [1.54, 1.807) is 18.3 Å². The number of carbonyl (C=O) groups is 1. The summed E-state index contributed by atoms with van der Waals surface area (Å²) in [6, 6.07) is 3.48. The molecule has 0 saturated heterocycles. The Balaban J connectivity index is 2.63. The van der Waals surface area contributed by atoms with Crippen molar-refractivity contribution in [3.63, 3.8) is 0 Å². The Hall–Kier alpha value is -1.69. The third kappa shape index (κ3) is 1.75. The van der Waals surface area contributed by atoms with Gasteiger partial charge in [-0.1, -0.05) is 0 Å². The number of halogens is 1. The van der Waals surface area contributed by atoms with Crippen molar-refractivity contribution in [2.75, 3.05) is 0 Å². The quantitative estimate of drug-likeness (QED) is 0.512. The summed E-state index contributed by atoms with van der Waals surface area (Å²) in [6.45, 7) is 0. The van der Waals surface area contributed by atoms with Gasteiger partial charge in [-0.2, -0.15) is 0 Å². The third-order valence-electron chi connectivity index (χ3n) is 1.87. The van der Waals surface area contributed by atoms with E-state index in [1.807, 2.05) is 0 Å². The summed E-state index contributed by atoms with van der Waals surface area (Å²) in [5.74, 6) is 0. The van der Waals surface area contributed by atoms with Crippen LogP contribution in [0.4, 0.5) is 0 Å². The maximum absolute atomic E-state index is 10.7. The number of carbonyl (C=O) groups excluding carboxylic acids is 1. The first-order valence-electron chi connectivity index (χ1n) is 4.07. The van der Waals surface area contributed by atoms with Crippen LogP contribution < -0.4 is 0 Å². The summed E-state index contributed by atoms with van der Waals surface area (Å²) >= 11 is 3.25. The topological polar surface area (TPSA) is 68.0 Å².